The molecule has 1 heterocycles. The monoisotopic (exact) mass is 228 g/mol. The zero-order valence-electron chi connectivity index (χ0n) is 9.43. The van der Waals surface area contributed by atoms with Crippen LogP contribution in [0.5, 0.6) is 0 Å². The molecule has 0 aliphatic heterocycles. The van der Waals surface area contributed by atoms with Gasteiger partial charge in [-0.1, -0.05) is 0 Å². The van der Waals surface area contributed by atoms with Crippen molar-refractivity contribution in [1.82, 2.24) is 0 Å². The second-order valence-electron chi connectivity index (χ2n) is 3.19. The van der Waals surface area contributed by atoms with Gasteiger partial charge in [-0.2, -0.15) is 0 Å². The van der Waals surface area contributed by atoms with Crippen LogP contribution < -0.4 is 0 Å². The molecule has 0 saturated heterocycles. The molecule has 0 aliphatic rings. The van der Waals surface area contributed by atoms with Crippen molar-refractivity contribution < 1.29 is 23.8 Å². The van der Waals surface area contributed by atoms with Gasteiger partial charge in [0.1, 0.15) is 11.9 Å². The molecule has 90 valence electrons. The molecule has 0 aliphatic carbocycles. The van der Waals surface area contributed by atoms with E-state index in [1.165, 1.54) is 13.2 Å². The van der Waals surface area contributed by atoms with Crippen molar-refractivity contribution in [2.75, 3.05) is 20.3 Å². The molecule has 5 nitrogen and oxygen atoms in total. The summed E-state index contributed by atoms with van der Waals surface area (Å²) in [5.41, 5.74) is 0. The molecule has 1 rings (SSSR count). The molecule has 0 bridgehead atoms. The normalized spacial score (nSPS) is 12.4. The van der Waals surface area contributed by atoms with E-state index in [9.17, 15) is 9.90 Å². The highest BCUT2D eigenvalue weighted by atomic mass is 16.5. The molecular formula is C11H16O5. The number of ether oxygens (including phenoxy) is 2. The van der Waals surface area contributed by atoms with E-state index in [0.29, 0.717) is 25.4 Å². The first kappa shape index (κ1) is 12.7. The maximum absolute atomic E-state index is 11.1. The van der Waals surface area contributed by atoms with E-state index >= 15 is 0 Å². The van der Waals surface area contributed by atoms with Crippen LogP contribution in [0.4, 0.5) is 0 Å². The van der Waals surface area contributed by atoms with Crippen LogP contribution in [0.25, 0.3) is 0 Å². The Bertz CT molecular complexity index is 331. The summed E-state index contributed by atoms with van der Waals surface area (Å²) in [5, 5.41) is 9.69. The Labute approximate surface area is 94.0 Å². The lowest BCUT2D eigenvalue weighted by atomic mass is 10.2. The molecule has 0 fully saturated rings. The molecule has 16 heavy (non-hydrogen) atoms. The lowest BCUT2D eigenvalue weighted by Crippen LogP contribution is -2.03. The Hall–Kier alpha value is -1.33. The zero-order chi connectivity index (χ0) is 12.0. The minimum atomic E-state index is -0.759. The maximum atomic E-state index is 11.1. The summed E-state index contributed by atoms with van der Waals surface area (Å²) in [4.78, 5) is 11.1. The highest BCUT2D eigenvalue weighted by Gasteiger charge is 2.16. The number of furan rings is 1. The van der Waals surface area contributed by atoms with E-state index in [0.717, 1.165) is 0 Å². The van der Waals surface area contributed by atoms with Gasteiger partial charge in [-0.25, -0.2) is 4.79 Å². The van der Waals surface area contributed by atoms with Crippen LogP contribution >= 0.6 is 0 Å². The fraction of sp³-hybridized carbons (Fsp3) is 0.545. The molecular weight excluding hydrogens is 212 g/mol. The second-order valence-corrected chi connectivity index (χ2v) is 3.19. The fourth-order valence-corrected chi connectivity index (χ4v) is 1.22. The minimum absolute atomic E-state index is 0.0907. The first-order chi connectivity index (χ1) is 7.69. The highest BCUT2D eigenvalue weighted by Crippen LogP contribution is 2.19. The Kier molecular flexibility index (Phi) is 5.01. The van der Waals surface area contributed by atoms with E-state index in [4.69, 9.17) is 9.15 Å². The molecule has 1 N–H and O–H groups in total. The molecule has 1 unspecified atom stereocenters. The predicted octanol–water partition coefficient (Wildman–Crippen LogP) is 1.53. The standard InChI is InChI=1S/C11H16O5/c1-3-15-7-6-8(12)9-4-5-10(16-9)11(13)14-2/h4-5,8,12H,3,6-7H2,1-2H3. The summed E-state index contributed by atoms with van der Waals surface area (Å²) in [6.07, 6.45) is -0.327. The summed E-state index contributed by atoms with van der Waals surface area (Å²) in [6.45, 7) is 2.94. The Morgan fingerprint density at radius 1 is 1.56 bits per heavy atom. The zero-order valence-corrected chi connectivity index (χ0v) is 9.43. The summed E-state index contributed by atoms with van der Waals surface area (Å²) in [6, 6.07) is 3.04. The summed E-state index contributed by atoms with van der Waals surface area (Å²) >= 11 is 0. The van der Waals surface area contributed by atoms with Gasteiger partial charge in [0.15, 0.2) is 0 Å². The number of aliphatic hydroxyl groups is 1. The van der Waals surface area contributed by atoms with Gasteiger partial charge in [-0.3, -0.25) is 0 Å². The van der Waals surface area contributed by atoms with Gasteiger partial charge >= 0.3 is 5.97 Å². The second kappa shape index (κ2) is 6.30. The van der Waals surface area contributed by atoms with Crippen LogP contribution in [0.15, 0.2) is 16.5 Å². The Balaban J connectivity index is 2.52. The molecule has 5 heteroatoms. The van der Waals surface area contributed by atoms with Gasteiger partial charge < -0.3 is 19.0 Å². The Morgan fingerprint density at radius 3 is 2.94 bits per heavy atom. The van der Waals surface area contributed by atoms with Crippen LogP contribution in [-0.4, -0.2) is 31.4 Å². The largest absolute Gasteiger partial charge is 0.463 e. The predicted molar refractivity (Wildman–Crippen MR) is 56.1 cm³/mol. The van der Waals surface area contributed by atoms with Crippen LogP contribution in [-0.2, 0) is 9.47 Å². The average molecular weight is 228 g/mol. The highest BCUT2D eigenvalue weighted by molar-refractivity contribution is 5.86. The molecule has 0 spiro atoms. The summed E-state index contributed by atoms with van der Waals surface area (Å²) in [5.74, 6) is -0.115. The third-order valence-corrected chi connectivity index (χ3v) is 2.08. The van der Waals surface area contributed by atoms with E-state index in [2.05, 4.69) is 4.74 Å². The molecule has 1 aromatic heterocycles. The lowest BCUT2D eigenvalue weighted by Gasteiger charge is -2.07. The summed E-state index contributed by atoms with van der Waals surface area (Å²) < 4.78 is 14.7. The van der Waals surface area contributed by atoms with Gasteiger partial charge in [0.05, 0.1) is 7.11 Å². The van der Waals surface area contributed by atoms with Crippen LogP contribution in [0, 0.1) is 0 Å². The number of esters is 1. The Morgan fingerprint density at radius 2 is 2.31 bits per heavy atom. The number of aliphatic hydroxyl groups excluding tert-OH is 1. The van der Waals surface area contributed by atoms with Crippen molar-refractivity contribution in [3.63, 3.8) is 0 Å². The number of methoxy groups -OCH3 is 1. The van der Waals surface area contributed by atoms with E-state index in [-0.39, 0.29) is 5.76 Å². The van der Waals surface area contributed by atoms with Crippen molar-refractivity contribution in [3.05, 3.63) is 23.7 Å². The molecule has 0 amide bonds. The first-order valence-electron chi connectivity index (χ1n) is 5.13. The third kappa shape index (κ3) is 3.36. The number of hydrogen-bond acceptors (Lipinski definition) is 5. The van der Waals surface area contributed by atoms with Crippen LogP contribution in [0.2, 0.25) is 0 Å². The smallest absolute Gasteiger partial charge is 0.373 e. The molecule has 0 saturated carbocycles. The number of carbonyl (C=O) groups is 1. The van der Waals surface area contributed by atoms with Crippen LogP contribution in [0.1, 0.15) is 35.8 Å². The third-order valence-electron chi connectivity index (χ3n) is 2.08. The van der Waals surface area contributed by atoms with Gasteiger partial charge in [-0.05, 0) is 19.1 Å². The lowest BCUT2D eigenvalue weighted by molar-refractivity contribution is 0.0541. The number of carbonyl (C=O) groups excluding carboxylic acids is 1. The minimum Gasteiger partial charge on any atom is -0.463 e. The van der Waals surface area contributed by atoms with Gasteiger partial charge in [0.25, 0.3) is 0 Å². The van der Waals surface area contributed by atoms with Gasteiger partial charge in [0, 0.05) is 19.6 Å². The SMILES string of the molecule is CCOCCC(O)c1ccc(C(=O)OC)o1. The van der Waals surface area contributed by atoms with Crippen molar-refractivity contribution in [1.29, 1.82) is 0 Å². The van der Waals surface area contributed by atoms with Crippen molar-refractivity contribution in [2.45, 2.75) is 19.4 Å². The quantitative estimate of drug-likeness (QED) is 0.590. The van der Waals surface area contributed by atoms with E-state index in [1.54, 1.807) is 6.07 Å². The number of rotatable bonds is 6. The maximum Gasteiger partial charge on any atom is 0.373 e. The molecule has 1 aromatic rings. The summed E-state index contributed by atoms with van der Waals surface area (Å²) in [7, 11) is 1.27. The van der Waals surface area contributed by atoms with Crippen molar-refractivity contribution in [3.8, 4) is 0 Å². The van der Waals surface area contributed by atoms with Crippen molar-refractivity contribution in [2.24, 2.45) is 0 Å². The van der Waals surface area contributed by atoms with Crippen molar-refractivity contribution >= 4 is 5.97 Å². The van der Waals surface area contributed by atoms with Crippen LogP contribution in [0.3, 0.4) is 0 Å². The topological polar surface area (TPSA) is 68.9 Å². The number of hydrogen-bond donors (Lipinski definition) is 1. The van der Waals surface area contributed by atoms with E-state index < -0.39 is 12.1 Å². The molecule has 0 aromatic carbocycles. The first-order valence-corrected chi connectivity index (χ1v) is 5.13. The molecule has 0 radical (unpaired) electrons. The molecule has 1 atom stereocenters. The van der Waals surface area contributed by atoms with Gasteiger partial charge in [0.2, 0.25) is 5.76 Å². The van der Waals surface area contributed by atoms with Gasteiger partial charge in [-0.15, -0.1) is 0 Å². The average Bonchev–Trinajstić information content (AvgIpc) is 2.77. The van der Waals surface area contributed by atoms with E-state index in [1.807, 2.05) is 6.92 Å². The fourth-order valence-electron chi connectivity index (χ4n) is 1.22.